The highest BCUT2D eigenvalue weighted by atomic mass is 16.4. The van der Waals surface area contributed by atoms with Gasteiger partial charge >= 0.3 is 5.97 Å². The summed E-state index contributed by atoms with van der Waals surface area (Å²) in [6, 6.07) is 8.39. The molecule has 0 saturated carbocycles. The second-order valence-corrected chi connectivity index (χ2v) is 4.17. The van der Waals surface area contributed by atoms with E-state index in [2.05, 4.69) is 4.98 Å². The number of carboxylic acid groups (broad SMARTS) is 1. The molecule has 0 spiro atoms. The summed E-state index contributed by atoms with van der Waals surface area (Å²) in [6.45, 7) is -0.0234. The molecule has 1 aromatic heterocycles. The second kappa shape index (κ2) is 4.93. The van der Waals surface area contributed by atoms with Crippen LogP contribution in [0.3, 0.4) is 0 Å². The Morgan fingerprint density at radius 3 is 2.68 bits per heavy atom. The molecule has 6 nitrogen and oxygen atoms in total. The number of nitrogens with zero attached hydrogens (tertiary/aromatic N) is 2. The third-order valence-corrected chi connectivity index (χ3v) is 2.72. The molecule has 6 heteroatoms. The summed E-state index contributed by atoms with van der Waals surface area (Å²) in [5.41, 5.74) is 5.83. The van der Waals surface area contributed by atoms with Gasteiger partial charge < -0.3 is 15.7 Å². The van der Waals surface area contributed by atoms with Crippen LogP contribution >= 0.6 is 0 Å². The van der Waals surface area contributed by atoms with E-state index in [0.717, 1.165) is 0 Å². The summed E-state index contributed by atoms with van der Waals surface area (Å²) < 4.78 is 0. The first kappa shape index (κ1) is 12.8. The third kappa shape index (κ3) is 2.62. The minimum Gasteiger partial charge on any atom is -0.478 e. The van der Waals surface area contributed by atoms with Crippen LogP contribution in [0.2, 0.25) is 0 Å². The molecule has 2 aromatic rings. The number of hydrogen-bond acceptors (Lipinski definition) is 4. The number of pyridine rings is 1. The van der Waals surface area contributed by atoms with Crippen molar-refractivity contribution in [1.29, 1.82) is 0 Å². The van der Waals surface area contributed by atoms with Gasteiger partial charge in [0.15, 0.2) is 0 Å². The molecule has 0 atom stereocenters. The number of hydrogen-bond donors (Lipinski definition) is 2. The van der Waals surface area contributed by atoms with Gasteiger partial charge in [0.25, 0.3) is 0 Å². The van der Waals surface area contributed by atoms with E-state index in [1.807, 2.05) is 0 Å². The maximum atomic E-state index is 11.3. The number of aromatic carboxylic acids is 1. The number of benzene rings is 1. The lowest BCUT2D eigenvalue weighted by Gasteiger charge is -2.17. The SMILES string of the molecule is CN(CC(N)=O)c1cc(C(=O)O)c2ccccc2n1. The standard InChI is InChI=1S/C13H13N3O3/c1-16(7-11(14)17)12-6-9(13(18)19)8-4-2-3-5-10(8)15-12/h2-6H,7H2,1H3,(H2,14,17)(H,18,19). The van der Waals surface area contributed by atoms with E-state index in [-0.39, 0.29) is 12.1 Å². The Labute approximate surface area is 109 Å². The van der Waals surface area contributed by atoms with Crippen LogP contribution in [0.25, 0.3) is 10.9 Å². The molecule has 0 radical (unpaired) electrons. The van der Waals surface area contributed by atoms with E-state index in [1.165, 1.54) is 11.0 Å². The summed E-state index contributed by atoms with van der Waals surface area (Å²) in [5.74, 6) is -1.14. The van der Waals surface area contributed by atoms with Gasteiger partial charge in [0.1, 0.15) is 5.82 Å². The van der Waals surface area contributed by atoms with Crippen LogP contribution in [0.15, 0.2) is 30.3 Å². The average Bonchev–Trinajstić information content (AvgIpc) is 2.36. The van der Waals surface area contributed by atoms with Gasteiger partial charge in [0.05, 0.1) is 17.6 Å². The summed E-state index contributed by atoms with van der Waals surface area (Å²) in [4.78, 5) is 28.0. The Hall–Kier alpha value is -2.63. The lowest BCUT2D eigenvalue weighted by atomic mass is 10.1. The molecule has 1 aromatic carbocycles. The van der Waals surface area contributed by atoms with Crippen molar-refractivity contribution in [3.63, 3.8) is 0 Å². The Morgan fingerprint density at radius 2 is 2.05 bits per heavy atom. The summed E-state index contributed by atoms with van der Waals surface area (Å²) in [6.07, 6.45) is 0. The summed E-state index contributed by atoms with van der Waals surface area (Å²) in [7, 11) is 1.63. The maximum Gasteiger partial charge on any atom is 0.336 e. The van der Waals surface area contributed by atoms with Crippen molar-refractivity contribution in [3.05, 3.63) is 35.9 Å². The highest BCUT2D eigenvalue weighted by Crippen LogP contribution is 2.22. The molecule has 0 bridgehead atoms. The Kier molecular flexibility index (Phi) is 3.33. The normalized spacial score (nSPS) is 10.4. The highest BCUT2D eigenvalue weighted by molar-refractivity contribution is 6.03. The smallest absolute Gasteiger partial charge is 0.336 e. The summed E-state index contributed by atoms with van der Waals surface area (Å²) >= 11 is 0. The lowest BCUT2D eigenvalue weighted by molar-refractivity contribution is -0.116. The maximum absolute atomic E-state index is 11.3. The van der Waals surface area contributed by atoms with Gasteiger partial charge in [-0.1, -0.05) is 18.2 Å². The van der Waals surface area contributed by atoms with Crippen molar-refractivity contribution < 1.29 is 14.7 Å². The van der Waals surface area contributed by atoms with Gasteiger partial charge in [0, 0.05) is 12.4 Å². The van der Waals surface area contributed by atoms with E-state index >= 15 is 0 Å². The van der Waals surface area contributed by atoms with Crippen LogP contribution in [-0.4, -0.2) is 35.6 Å². The predicted octanol–water partition coefficient (Wildman–Crippen LogP) is 0.854. The van der Waals surface area contributed by atoms with Crippen molar-refractivity contribution in [3.8, 4) is 0 Å². The molecule has 0 unspecified atom stereocenters. The van der Waals surface area contributed by atoms with Crippen molar-refractivity contribution in [2.45, 2.75) is 0 Å². The first-order valence-electron chi connectivity index (χ1n) is 5.61. The zero-order valence-corrected chi connectivity index (χ0v) is 10.3. The molecule has 0 saturated heterocycles. The van der Waals surface area contributed by atoms with Gasteiger partial charge in [-0.05, 0) is 12.1 Å². The number of likely N-dealkylation sites (N-methyl/N-ethyl adjacent to an activating group) is 1. The number of carbonyl (C=O) groups excluding carboxylic acids is 1. The fourth-order valence-electron chi connectivity index (χ4n) is 1.85. The van der Waals surface area contributed by atoms with Crippen LogP contribution in [0, 0.1) is 0 Å². The molecule has 19 heavy (non-hydrogen) atoms. The van der Waals surface area contributed by atoms with Gasteiger partial charge in [-0.3, -0.25) is 4.79 Å². The van der Waals surface area contributed by atoms with E-state index in [1.54, 1.807) is 31.3 Å². The van der Waals surface area contributed by atoms with E-state index < -0.39 is 11.9 Å². The Balaban J connectivity index is 2.58. The lowest BCUT2D eigenvalue weighted by Crippen LogP contribution is -2.31. The molecule has 1 heterocycles. The van der Waals surface area contributed by atoms with Crippen LogP contribution < -0.4 is 10.6 Å². The van der Waals surface area contributed by atoms with Gasteiger partial charge in [-0.15, -0.1) is 0 Å². The van der Waals surface area contributed by atoms with Crippen molar-refractivity contribution in [1.82, 2.24) is 4.98 Å². The highest BCUT2D eigenvalue weighted by Gasteiger charge is 2.14. The first-order chi connectivity index (χ1) is 8.99. The van der Waals surface area contributed by atoms with Crippen LogP contribution in [0.1, 0.15) is 10.4 Å². The van der Waals surface area contributed by atoms with Crippen molar-refractivity contribution in [2.75, 3.05) is 18.5 Å². The quantitative estimate of drug-likeness (QED) is 0.848. The predicted molar refractivity (Wildman–Crippen MR) is 71.2 cm³/mol. The number of nitrogens with two attached hydrogens (primary N) is 1. The zero-order chi connectivity index (χ0) is 14.0. The number of carbonyl (C=O) groups is 2. The molecule has 0 aliphatic rings. The number of aromatic nitrogens is 1. The minimum atomic E-state index is -1.03. The number of fused-ring (bicyclic) bond motifs is 1. The topological polar surface area (TPSA) is 96.5 Å². The number of carboxylic acids is 1. The largest absolute Gasteiger partial charge is 0.478 e. The molecule has 3 N–H and O–H groups in total. The van der Waals surface area contributed by atoms with Gasteiger partial charge in [-0.2, -0.15) is 0 Å². The summed E-state index contributed by atoms with van der Waals surface area (Å²) in [5, 5.41) is 9.79. The number of amides is 1. The van der Waals surface area contributed by atoms with Crippen LogP contribution in [0.4, 0.5) is 5.82 Å². The van der Waals surface area contributed by atoms with E-state index in [9.17, 15) is 14.7 Å². The Bertz CT molecular complexity index is 655. The molecular weight excluding hydrogens is 246 g/mol. The average molecular weight is 259 g/mol. The molecule has 0 aliphatic carbocycles. The van der Waals surface area contributed by atoms with Gasteiger partial charge in [0.2, 0.25) is 5.91 Å². The molecule has 98 valence electrons. The molecule has 0 aliphatic heterocycles. The first-order valence-corrected chi connectivity index (χ1v) is 5.61. The fourth-order valence-corrected chi connectivity index (χ4v) is 1.85. The zero-order valence-electron chi connectivity index (χ0n) is 10.3. The van der Waals surface area contributed by atoms with E-state index in [4.69, 9.17) is 5.73 Å². The number of primary amides is 1. The molecule has 2 rings (SSSR count). The van der Waals surface area contributed by atoms with Crippen molar-refractivity contribution in [2.24, 2.45) is 5.73 Å². The van der Waals surface area contributed by atoms with Gasteiger partial charge in [-0.25, -0.2) is 9.78 Å². The second-order valence-electron chi connectivity index (χ2n) is 4.17. The molecular formula is C13H13N3O3. The molecule has 1 amide bonds. The monoisotopic (exact) mass is 259 g/mol. The Morgan fingerprint density at radius 1 is 1.37 bits per heavy atom. The van der Waals surface area contributed by atoms with E-state index in [0.29, 0.717) is 16.7 Å². The number of rotatable bonds is 4. The number of anilines is 1. The van der Waals surface area contributed by atoms with Crippen molar-refractivity contribution >= 4 is 28.6 Å². The minimum absolute atomic E-state index is 0.0234. The van der Waals surface area contributed by atoms with Crippen LogP contribution in [-0.2, 0) is 4.79 Å². The van der Waals surface area contributed by atoms with Crippen LogP contribution in [0.5, 0.6) is 0 Å². The third-order valence-electron chi connectivity index (χ3n) is 2.72. The number of para-hydroxylation sites is 1. The fraction of sp³-hybridized carbons (Fsp3) is 0.154. The molecule has 0 fully saturated rings.